The first kappa shape index (κ1) is 18.0. The van der Waals surface area contributed by atoms with Crippen molar-refractivity contribution in [3.63, 3.8) is 0 Å². The second-order valence-electron chi connectivity index (χ2n) is 6.22. The van der Waals surface area contributed by atoms with E-state index in [9.17, 15) is 13.2 Å². The van der Waals surface area contributed by atoms with Crippen LogP contribution in [0.25, 0.3) is 0 Å². The molecule has 0 radical (unpaired) electrons. The molecule has 0 unspecified atom stereocenters. The molecule has 0 aliphatic carbocycles. The second-order valence-corrected chi connectivity index (χ2v) is 8.31. The largest absolute Gasteiger partial charge is 0.490 e. The number of carbonyl (C=O) groups excluding carboxylic acids is 1. The first-order chi connectivity index (χ1) is 12.0. The van der Waals surface area contributed by atoms with Gasteiger partial charge in [0.25, 0.3) is 5.91 Å². The van der Waals surface area contributed by atoms with E-state index < -0.39 is 10.0 Å². The highest BCUT2D eigenvalue weighted by atomic mass is 32.2. The number of piperazine rings is 1. The smallest absolute Gasteiger partial charge is 0.254 e. The molecule has 0 atom stereocenters. The Morgan fingerprint density at radius 2 is 1.76 bits per heavy atom. The van der Waals surface area contributed by atoms with Crippen molar-refractivity contribution in [1.29, 1.82) is 0 Å². The summed E-state index contributed by atoms with van der Waals surface area (Å²) in [4.78, 5) is 14.4. The van der Waals surface area contributed by atoms with Crippen LogP contribution in [0.2, 0.25) is 0 Å². The Morgan fingerprint density at radius 1 is 1.08 bits per heavy atom. The molecule has 1 aromatic rings. The Labute approximate surface area is 148 Å². The molecule has 1 fully saturated rings. The lowest BCUT2D eigenvalue weighted by Gasteiger charge is -2.34. The summed E-state index contributed by atoms with van der Waals surface area (Å²) in [5, 5.41) is 0. The van der Waals surface area contributed by atoms with Crippen molar-refractivity contribution >= 4 is 15.9 Å². The molecule has 0 spiro atoms. The molecule has 8 heteroatoms. The van der Waals surface area contributed by atoms with E-state index in [1.807, 2.05) is 6.92 Å². The van der Waals surface area contributed by atoms with Crippen molar-refractivity contribution in [3.05, 3.63) is 23.8 Å². The summed E-state index contributed by atoms with van der Waals surface area (Å²) in [6.45, 7) is 4.51. The van der Waals surface area contributed by atoms with E-state index in [1.54, 1.807) is 23.1 Å². The van der Waals surface area contributed by atoms with Gasteiger partial charge >= 0.3 is 0 Å². The van der Waals surface area contributed by atoms with Gasteiger partial charge in [-0.3, -0.25) is 4.79 Å². The lowest BCUT2D eigenvalue weighted by Crippen LogP contribution is -2.51. The molecule has 0 bridgehead atoms. The third kappa shape index (κ3) is 4.07. The molecule has 1 aromatic carbocycles. The standard InChI is InChI=1S/C17H24N2O5S/c1-2-12-25(21,22)19-8-6-18(7-9-19)17(20)14-4-5-15-16(13-14)24-11-3-10-23-15/h4-5,13H,2-3,6-12H2,1H3. The number of rotatable bonds is 4. The molecule has 1 amide bonds. The van der Waals surface area contributed by atoms with Gasteiger partial charge in [0.05, 0.1) is 19.0 Å². The molecule has 0 N–H and O–H groups in total. The highest BCUT2D eigenvalue weighted by Crippen LogP contribution is 2.31. The van der Waals surface area contributed by atoms with Gasteiger partial charge in [0, 0.05) is 38.2 Å². The van der Waals surface area contributed by atoms with Crippen LogP contribution in [-0.4, -0.2) is 68.7 Å². The van der Waals surface area contributed by atoms with E-state index in [1.165, 1.54) is 4.31 Å². The van der Waals surface area contributed by atoms with Crippen LogP contribution < -0.4 is 9.47 Å². The number of amides is 1. The fraction of sp³-hybridized carbons (Fsp3) is 0.588. The van der Waals surface area contributed by atoms with E-state index in [2.05, 4.69) is 0 Å². The van der Waals surface area contributed by atoms with Crippen molar-refractivity contribution in [2.24, 2.45) is 0 Å². The van der Waals surface area contributed by atoms with E-state index >= 15 is 0 Å². The fourth-order valence-electron chi connectivity index (χ4n) is 3.04. The van der Waals surface area contributed by atoms with Crippen molar-refractivity contribution in [2.75, 3.05) is 45.1 Å². The minimum absolute atomic E-state index is 0.108. The van der Waals surface area contributed by atoms with Crippen molar-refractivity contribution < 1.29 is 22.7 Å². The lowest BCUT2D eigenvalue weighted by atomic mass is 10.1. The number of fused-ring (bicyclic) bond motifs is 1. The summed E-state index contributed by atoms with van der Waals surface area (Å²) in [7, 11) is -3.20. The van der Waals surface area contributed by atoms with Crippen molar-refractivity contribution in [2.45, 2.75) is 19.8 Å². The van der Waals surface area contributed by atoms with Crippen LogP contribution in [-0.2, 0) is 10.0 Å². The fourth-order valence-corrected chi connectivity index (χ4v) is 4.53. The predicted octanol–water partition coefficient (Wildman–Crippen LogP) is 1.35. The number of nitrogens with zero attached hydrogens (tertiary/aromatic N) is 2. The molecule has 3 rings (SSSR count). The normalized spacial score (nSPS) is 18.7. The number of benzene rings is 1. The Kier molecular flexibility index (Phi) is 5.48. The average Bonchev–Trinajstić information content (AvgIpc) is 2.86. The number of ether oxygens (including phenoxy) is 2. The third-order valence-corrected chi connectivity index (χ3v) is 6.45. The topological polar surface area (TPSA) is 76.2 Å². The molecule has 2 aliphatic rings. The van der Waals surface area contributed by atoms with Crippen LogP contribution in [0.1, 0.15) is 30.1 Å². The van der Waals surface area contributed by atoms with Crippen molar-refractivity contribution in [1.82, 2.24) is 9.21 Å². The second kappa shape index (κ2) is 7.61. The molecule has 138 valence electrons. The minimum Gasteiger partial charge on any atom is -0.490 e. The highest BCUT2D eigenvalue weighted by Gasteiger charge is 2.29. The molecule has 1 saturated heterocycles. The maximum absolute atomic E-state index is 12.7. The van der Waals surface area contributed by atoms with Crippen LogP contribution >= 0.6 is 0 Å². The Bertz CT molecular complexity index is 727. The summed E-state index contributed by atoms with van der Waals surface area (Å²) in [5.41, 5.74) is 0.536. The highest BCUT2D eigenvalue weighted by molar-refractivity contribution is 7.89. The monoisotopic (exact) mass is 368 g/mol. The zero-order valence-corrected chi connectivity index (χ0v) is 15.3. The van der Waals surface area contributed by atoms with Crippen molar-refractivity contribution in [3.8, 4) is 11.5 Å². The summed E-state index contributed by atoms with van der Waals surface area (Å²) < 4.78 is 36.9. The summed E-state index contributed by atoms with van der Waals surface area (Å²) in [6, 6.07) is 5.20. The van der Waals surface area contributed by atoms with Gasteiger partial charge in [-0.1, -0.05) is 6.92 Å². The maximum Gasteiger partial charge on any atom is 0.254 e. The number of carbonyl (C=O) groups is 1. The SMILES string of the molecule is CCCS(=O)(=O)N1CCN(C(=O)c2ccc3c(c2)OCCCO3)CC1. The number of hydrogen-bond donors (Lipinski definition) is 0. The summed E-state index contributed by atoms with van der Waals surface area (Å²) in [5.74, 6) is 1.29. The summed E-state index contributed by atoms with van der Waals surface area (Å²) >= 11 is 0. The first-order valence-electron chi connectivity index (χ1n) is 8.68. The van der Waals surface area contributed by atoms with Gasteiger partial charge in [-0.25, -0.2) is 8.42 Å². The molecule has 2 heterocycles. The van der Waals surface area contributed by atoms with Crippen LogP contribution in [0.15, 0.2) is 18.2 Å². The third-order valence-electron chi connectivity index (χ3n) is 4.38. The number of hydrogen-bond acceptors (Lipinski definition) is 5. The quantitative estimate of drug-likeness (QED) is 0.802. The molecular formula is C17H24N2O5S. The predicted molar refractivity (Wildman–Crippen MR) is 93.6 cm³/mol. The number of sulfonamides is 1. The van der Waals surface area contributed by atoms with E-state index in [0.717, 1.165) is 6.42 Å². The first-order valence-corrected chi connectivity index (χ1v) is 10.3. The van der Waals surface area contributed by atoms with Crippen LogP contribution in [0.3, 0.4) is 0 Å². The van der Waals surface area contributed by atoms with Gasteiger partial charge in [-0.15, -0.1) is 0 Å². The van der Waals surface area contributed by atoms with Gasteiger partial charge in [-0.05, 0) is 24.6 Å². The Morgan fingerprint density at radius 3 is 2.44 bits per heavy atom. The zero-order valence-electron chi connectivity index (χ0n) is 14.4. The molecule has 0 aromatic heterocycles. The average molecular weight is 368 g/mol. The van der Waals surface area contributed by atoms with Crippen LogP contribution in [0.4, 0.5) is 0 Å². The van der Waals surface area contributed by atoms with E-state index in [4.69, 9.17) is 9.47 Å². The van der Waals surface area contributed by atoms with E-state index in [0.29, 0.717) is 62.9 Å². The summed E-state index contributed by atoms with van der Waals surface area (Å²) in [6.07, 6.45) is 1.41. The lowest BCUT2D eigenvalue weighted by molar-refractivity contribution is 0.0697. The van der Waals surface area contributed by atoms with Gasteiger partial charge in [0.1, 0.15) is 0 Å². The molecule has 25 heavy (non-hydrogen) atoms. The van der Waals surface area contributed by atoms with Gasteiger partial charge in [0.15, 0.2) is 11.5 Å². The van der Waals surface area contributed by atoms with Crippen LogP contribution in [0.5, 0.6) is 11.5 Å². The zero-order chi connectivity index (χ0) is 17.9. The van der Waals surface area contributed by atoms with Gasteiger partial charge < -0.3 is 14.4 Å². The van der Waals surface area contributed by atoms with E-state index in [-0.39, 0.29) is 11.7 Å². The van der Waals surface area contributed by atoms with Gasteiger partial charge in [-0.2, -0.15) is 4.31 Å². The van der Waals surface area contributed by atoms with Gasteiger partial charge in [0.2, 0.25) is 10.0 Å². The maximum atomic E-state index is 12.7. The van der Waals surface area contributed by atoms with Crippen LogP contribution in [0, 0.1) is 0 Å². The molecule has 0 saturated carbocycles. The molecular weight excluding hydrogens is 344 g/mol. The molecule has 7 nitrogen and oxygen atoms in total. The molecule has 2 aliphatic heterocycles. The minimum atomic E-state index is -3.20. The Balaban J connectivity index is 1.66. The Hall–Kier alpha value is -1.80.